The van der Waals surface area contributed by atoms with Gasteiger partial charge in [-0.25, -0.2) is 4.68 Å². The summed E-state index contributed by atoms with van der Waals surface area (Å²) in [5.74, 6) is 0.991. The van der Waals surface area contributed by atoms with Gasteiger partial charge in [0.05, 0.1) is 24.1 Å². The average molecular weight is 439 g/mol. The second-order valence-electron chi connectivity index (χ2n) is 7.19. The predicted octanol–water partition coefficient (Wildman–Crippen LogP) is 2.25. The molecule has 1 fully saturated rings. The molecule has 1 aliphatic heterocycles. The van der Waals surface area contributed by atoms with Crippen molar-refractivity contribution in [1.29, 1.82) is 0 Å². The molecule has 0 bridgehead atoms. The lowest BCUT2D eigenvalue weighted by Crippen LogP contribution is -2.46. The molecule has 3 aromatic rings. The lowest BCUT2D eigenvalue weighted by atomic mass is 10.1. The van der Waals surface area contributed by atoms with Crippen LogP contribution in [-0.4, -0.2) is 51.3 Å². The van der Waals surface area contributed by atoms with Gasteiger partial charge in [-0.1, -0.05) is 18.2 Å². The highest BCUT2D eigenvalue weighted by Gasteiger charge is 2.35. The number of amides is 2. The van der Waals surface area contributed by atoms with Gasteiger partial charge in [-0.05, 0) is 37.3 Å². The number of ether oxygens (including phenoxy) is 1. The molecule has 0 spiro atoms. The first-order valence-corrected chi connectivity index (χ1v) is 10.9. The number of methoxy groups -OCH3 is 1. The fraction of sp³-hybridized carbons (Fsp3) is 0.273. The lowest BCUT2D eigenvalue weighted by molar-refractivity contribution is -0.136. The summed E-state index contributed by atoms with van der Waals surface area (Å²) in [6, 6.07) is 13.6. The van der Waals surface area contributed by atoms with Crippen LogP contribution in [-0.2, 0) is 16.1 Å². The molecule has 1 saturated heterocycles. The average Bonchev–Trinajstić information content (AvgIpc) is 3.28. The molecular formula is C22H22N4O4S. The topological polar surface area (TPSA) is 93.5 Å². The molecule has 0 aliphatic carbocycles. The summed E-state index contributed by atoms with van der Waals surface area (Å²) in [6.07, 6.45) is 0. The summed E-state index contributed by atoms with van der Waals surface area (Å²) in [5, 5.41) is 8.44. The summed E-state index contributed by atoms with van der Waals surface area (Å²) in [7, 11) is 1.57. The largest absolute Gasteiger partial charge is 0.497 e. The van der Waals surface area contributed by atoms with Gasteiger partial charge in [0, 0.05) is 16.8 Å². The number of thioether (sulfide) groups is 1. The molecule has 8 nitrogen and oxygen atoms in total. The summed E-state index contributed by atoms with van der Waals surface area (Å²) >= 11 is 1.50. The molecule has 0 radical (unpaired) electrons. The highest BCUT2D eigenvalue weighted by atomic mass is 32.2. The van der Waals surface area contributed by atoms with Crippen LogP contribution in [0.4, 0.5) is 5.69 Å². The van der Waals surface area contributed by atoms with Crippen LogP contribution in [0.3, 0.4) is 0 Å². The number of carbonyl (C=O) groups excluding carboxylic acids is 2. The van der Waals surface area contributed by atoms with Crippen molar-refractivity contribution in [2.45, 2.75) is 19.5 Å². The van der Waals surface area contributed by atoms with E-state index in [1.807, 2.05) is 12.1 Å². The van der Waals surface area contributed by atoms with Gasteiger partial charge in [0.15, 0.2) is 0 Å². The monoisotopic (exact) mass is 438 g/mol. The van der Waals surface area contributed by atoms with E-state index in [9.17, 15) is 14.4 Å². The number of hydrogen-bond donors (Lipinski definition) is 1. The highest BCUT2D eigenvalue weighted by molar-refractivity contribution is 7.99. The Morgan fingerprint density at radius 3 is 2.58 bits per heavy atom. The Balaban J connectivity index is 1.50. The summed E-state index contributed by atoms with van der Waals surface area (Å²) in [4.78, 5) is 40.1. The molecule has 2 amide bonds. The van der Waals surface area contributed by atoms with Gasteiger partial charge in [0.1, 0.15) is 18.3 Å². The molecule has 2 heterocycles. The Bertz CT molecular complexity index is 1190. The van der Waals surface area contributed by atoms with Crippen LogP contribution in [0.25, 0.3) is 10.8 Å². The third-order valence-corrected chi connectivity index (χ3v) is 6.21. The minimum Gasteiger partial charge on any atom is -0.497 e. The van der Waals surface area contributed by atoms with Crippen molar-refractivity contribution in [1.82, 2.24) is 14.7 Å². The van der Waals surface area contributed by atoms with Crippen LogP contribution < -0.4 is 15.6 Å². The number of benzene rings is 2. The van der Waals surface area contributed by atoms with E-state index in [4.69, 9.17) is 4.74 Å². The zero-order valence-corrected chi connectivity index (χ0v) is 18.0. The number of hydrogen-bond acceptors (Lipinski definition) is 6. The lowest BCUT2D eigenvalue weighted by Gasteiger charge is -2.23. The quantitative estimate of drug-likeness (QED) is 0.657. The molecule has 1 unspecified atom stereocenters. The van der Waals surface area contributed by atoms with Crippen LogP contribution in [0.1, 0.15) is 5.69 Å². The number of rotatable bonds is 5. The van der Waals surface area contributed by atoms with Crippen molar-refractivity contribution in [2.24, 2.45) is 0 Å². The summed E-state index contributed by atoms with van der Waals surface area (Å²) < 4.78 is 6.30. The van der Waals surface area contributed by atoms with Crippen LogP contribution in [0.15, 0.2) is 53.3 Å². The van der Waals surface area contributed by atoms with Crippen LogP contribution >= 0.6 is 11.8 Å². The van der Waals surface area contributed by atoms with Crippen molar-refractivity contribution < 1.29 is 14.3 Å². The molecular weight excluding hydrogens is 416 g/mol. The number of nitrogens with one attached hydrogen (secondary N) is 1. The fourth-order valence-corrected chi connectivity index (χ4v) is 4.72. The minimum atomic E-state index is -0.614. The van der Waals surface area contributed by atoms with E-state index >= 15 is 0 Å². The van der Waals surface area contributed by atoms with E-state index in [1.165, 1.54) is 21.3 Å². The van der Waals surface area contributed by atoms with Crippen molar-refractivity contribution >= 4 is 40.0 Å². The number of aryl methyl sites for hydroxylation is 1. The Morgan fingerprint density at radius 2 is 1.87 bits per heavy atom. The number of carbonyl (C=O) groups is 2. The van der Waals surface area contributed by atoms with Gasteiger partial charge in [0.2, 0.25) is 11.8 Å². The molecule has 4 rings (SSSR count). The molecule has 1 aromatic heterocycles. The number of aromatic nitrogens is 2. The third-order valence-electron chi connectivity index (χ3n) is 5.20. The standard InChI is InChI=1S/C22H22N4O4S/c1-14-17-5-3-4-6-18(17)22(29)26(24-14)11-20(27)25-13-31-12-19(25)21(28)23-15-7-9-16(30-2)10-8-15/h3-10,19H,11-13H2,1-2H3,(H,23,28). The molecule has 31 heavy (non-hydrogen) atoms. The maximum Gasteiger partial charge on any atom is 0.275 e. The van der Waals surface area contributed by atoms with E-state index < -0.39 is 6.04 Å². The fourth-order valence-electron chi connectivity index (χ4n) is 3.54. The molecule has 160 valence electrons. The number of fused-ring (bicyclic) bond motifs is 1. The van der Waals surface area contributed by atoms with Crippen molar-refractivity contribution in [3.63, 3.8) is 0 Å². The second-order valence-corrected chi connectivity index (χ2v) is 8.19. The van der Waals surface area contributed by atoms with E-state index in [1.54, 1.807) is 50.4 Å². The smallest absolute Gasteiger partial charge is 0.275 e. The summed E-state index contributed by atoms with van der Waals surface area (Å²) in [5.41, 5.74) is 0.978. The number of anilines is 1. The first-order chi connectivity index (χ1) is 15.0. The Labute approximate surface area is 183 Å². The van der Waals surface area contributed by atoms with Crippen molar-refractivity contribution in [2.75, 3.05) is 24.1 Å². The molecule has 1 aliphatic rings. The Kier molecular flexibility index (Phi) is 5.94. The first kappa shape index (κ1) is 20.9. The van der Waals surface area contributed by atoms with Crippen molar-refractivity contribution in [3.05, 3.63) is 64.6 Å². The SMILES string of the molecule is COc1ccc(NC(=O)C2CSCN2C(=O)Cn2nc(C)c3ccccc3c2=O)cc1. The van der Waals surface area contributed by atoms with E-state index in [0.717, 1.165) is 5.39 Å². The van der Waals surface area contributed by atoms with Crippen LogP contribution in [0.5, 0.6) is 5.75 Å². The van der Waals surface area contributed by atoms with Crippen molar-refractivity contribution in [3.8, 4) is 5.75 Å². The molecule has 0 saturated carbocycles. The molecule has 1 N–H and O–H groups in total. The maximum absolute atomic E-state index is 13.0. The summed E-state index contributed by atoms with van der Waals surface area (Å²) in [6.45, 7) is 1.59. The normalized spacial score (nSPS) is 15.8. The highest BCUT2D eigenvalue weighted by Crippen LogP contribution is 2.23. The van der Waals surface area contributed by atoms with Gasteiger partial charge >= 0.3 is 0 Å². The van der Waals surface area contributed by atoms with Crippen LogP contribution in [0, 0.1) is 6.92 Å². The maximum atomic E-state index is 13.0. The van der Waals surface area contributed by atoms with Gasteiger partial charge in [-0.3, -0.25) is 14.4 Å². The van der Waals surface area contributed by atoms with Gasteiger partial charge in [0.25, 0.3) is 5.56 Å². The molecule has 9 heteroatoms. The van der Waals surface area contributed by atoms with Gasteiger partial charge < -0.3 is 15.0 Å². The first-order valence-electron chi connectivity index (χ1n) is 9.76. The third kappa shape index (κ3) is 4.27. The van der Waals surface area contributed by atoms with Crippen LogP contribution in [0.2, 0.25) is 0 Å². The van der Waals surface area contributed by atoms with E-state index in [-0.39, 0.29) is 23.9 Å². The number of nitrogens with zero attached hydrogens (tertiary/aromatic N) is 3. The van der Waals surface area contributed by atoms with Gasteiger partial charge in [-0.2, -0.15) is 5.10 Å². The second kappa shape index (κ2) is 8.81. The van der Waals surface area contributed by atoms with Gasteiger partial charge in [-0.15, -0.1) is 11.8 Å². The molecule has 1 atom stereocenters. The predicted molar refractivity (Wildman–Crippen MR) is 120 cm³/mol. The zero-order chi connectivity index (χ0) is 22.0. The van der Waals surface area contributed by atoms with E-state index in [2.05, 4.69) is 10.4 Å². The minimum absolute atomic E-state index is 0.211. The van der Waals surface area contributed by atoms with E-state index in [0.29, 0.717) is 34.1 Å². The molecule has 2 aromatic carbocycles. The Hall–Kier alpha value is -3.33. The zero-order valence-electron chi connectivity index (χ0n) is 17.2. The Morgan fingerprint density at radius 1 is 1.16 bits per heavy atom.